The van der Waals surface area contributed by atoms with Crippen LogP contribution in [0.5, 0.6) is 0 Å². The molecule has 2 N–H and O–H groups in total. The van der Waals surface area contributed by atoms with E-state index in [0.29, 0.717) is 24.6 Å². The van der Waals surface area contributed by atoms with Crippen molar-refractivity contribution in [2.24, 2.45) is 5.73 Å². The largest absolute Gasteiger partial charge is 0.372 e. The molecule has 0 aliphatic carbocycles. The van der Waals surface area contributed by atoms with Gasteiger partial charge in [-0.3, -0.25) is 14.0 Å². The van der Waals surface area contributed by atoms with Crippen molar-refractivity contribution in [3.8, 4) is 6.07 Å². The van der Waals surface area contributed by atoms with E-state index >= 15 is 0 Å². The standard InChI is InChI=1S/C19H21N5O3/c1-11-5-4-6-24-17(11)22-18(23-9-12(2)27-13(3)10-23)15(19(24)26)7-14(8-20)16(21)25/h4-7,12-13H,9-10H2,1-3H3,(H2,21,25)/b14-7+/t12-,13-/m0/s1. The predicted octanol–water partition coefficient (Wildman–Crippen LogP) is 1.01. The number of fused-ring (bicyclic) bond motifs is 1. The summed E-state index contributed by atoms with van der Waals surface area (Å²) in [7, 11) is 0. The van der Waals surface area contributed by atoms with E-state index in [1.807, 2.05) is 31.7 Å². The first-order chi connectivity index (χ1) is 12.8. The number of aromatic nitrogens is 2. The Morgan fingerprint density at radius 3 is 2.67 bits per heavy atom. The number of primary amides is 1. The van der Waals surface area contributed by atoms with E-state index in [-0.39, 0.29) is 28.9 Å². The van der Waals surface area contributed by atoms with Gasteiger partial charge < -0.3 is 15.4 Å². The zero-order valence-corrected chi connectivity index (χ0v) is 15.5. The molecule has 8 nitrogen and oxygen atoms in total. The summed E-state index contributed by atoms with van der Waals surface area (Å²) in [5.74, 6) is -0.466. The fourth-order valence-electron chi connectivity index (χ4n) is 3.32. The summed E-state index contributed by atoms with van der Waals surface area (Å²) in [6.45, 7) is 6.84. The van der Waals surface area contributed by atoms with E-state index in [1.54, 1.807) is 18.3 Å². The Hall–Kier alpha value is -3.18. The summed E-state index contributed by atoms with van der Waals surface area (Å²) in [5, 5.41) is 9.21. The lowest BCUT2D eigenvalue weighted by atomic mass is 10.1. The third-order valence-corrected chi connectivity index (χ3v) is 4.46. The number of hydrogen-bond acceptors (Lipinski definition) is 6. The van der Waals surface area contributed by atoms with Gasteiger partial charge in [-0.15, -0.1) is 0 Å². The number of amides is 1. The van der Waals surface area contributed by atoms with Gasteiger partial charge in [-0.1, -0.05) is 6.07 Å². The second kappa shape index (κ2) is 7.21. The molecule has 0 unspecified atom stereocenters. The molecule has 27 heavy (non-hydrogen) atoms. The lowest BCUT2D eigenvalue weighted by Gasteiger charge is -2.36. The average Bonchev–Trinajstić information content (AvgIpc) is 2.60. The summed E-state index contributed by atoms with van der Waals surface area (Å²) >= 11 is 0. The van der Waals surface area contributed by atoms with Gasteiger partial charge >= 0.3 is 0 Å². The minimum Gasteiger partial charge on any atom is -0.372 e. The third-order valence-electron chi connectivity index (χ3n) is 4.46. The molecule has 1 fully saturated rings. The fourth-order valence-corrected chi connectivity index (χ4v) is 3.32. The molecule has 0 bridgehead atoms. The SMILES string of the molecule is Cc1cccn2c(=O)c(/C=C(\C#N)C(N)=O)c(N3C[C@H](C)O[C@@H](C)C3)nc12. The van der Waals surface area contributed by atoms with Crippen LogP contribution in [-0.4, -0.2) is 40.6 Å². The maximum absolute atomic E-state index is 13.1. The van der Waals surface area contributed by atoms with Gasteiger partial charge in [0.15, 0.2) is 0 Å². The number of anilines is 1. The van der Waals surface area contributed by atoms with Crippen LogP contribution in [-0.2, 0) is 9.53 Å². The Balaban J connectivity index is 2.31. The number of carbonyl (C=O) groups is 1. The van der Waals surface area contributed by atoms with Crippen molar-refractivity contribution in [2.75, 3.05) is 18.0 Å². The summed E-state index contributed by atoms with van der Waals surface area (Å²) in [6.07, 6.45) is 2.75. The molecule has 0 spiro atoms. The number of aryl methyl sites for hydroxylation is 1. The van der Waals surface area contributed by atoms with Gasteiger partial charge in [0, 0.05) is 19.3 Å². The Labute approximate surface area is 156 Å². The quantitative estimate of drug-likeness (QED) is 0.640. The van der Waals surface area contributed by atoms with Gasteiger partial charge in [-0.2, -0.15) is 5.26 Å². The van der Waals surface area contributed by atoms with Crippen LogP contribution in [0.2, 0.25) is 0 Å². The first-order valence-electron chi connectivity index (χ1n) is 8.65. The maximum atomic E-state index is 13.1. The van der Waals surface area contributed by atoms with Crippen molar-refractivity contribution >= 4 is 23.4 Å². The fraction of sp³-hybridized carbons (Fsp3) is 0.368. The Kier molecular flexibility index (Phi) is 4.97. The highest BCUT2D eigenvalue weighted by Gasteiger charge is 2.27. The molecular formula is C19H21N5O3. The number of nitriles is 1. The number of nitrogens with two attached hydrogens (primary N) is 1. The molecule has 0 radical (unpaired) electrons. The second-order valence-corrected chi connectivity index (χ2v) is 6.74. The monoisotopic (exact) mass is 367 g/mol. The molecular weight excluding hydrogens is 346 g/mol. The molecule has 0 saturated carbocycles. The van der Waals surface area contributed by atoms with E-state index in [2.05, 4.69) is 0 Å². The van der Waals surface area contributed by atoms with Gasteiger partial charge in [0.2, 0.25) is 0 Å². The van der Waals surface area contributed by atoms with Gasteiger partial charge in [-0.25, -0.2) is 4.98 Å². The van der Waals surface area contributed by atoms with Crippen molar-refractivity contribution in [3.05, 3.63) is 45.4 Å². The van der Waals surface area contributed by atoms with Crippen LogP contribution in [0.25, 0.3) is 11.7 Å². The summed E-state index contributed by atoms with van der Waals surface area (Å²) in [4.78, 5) is 31.3. The van der Waals surface area contributed by atoms with E-state index in [0.717, 1.165) is 5.56 Å². The number of hydrogen-bond donors (Lipinski definition) is 1. The van der Waals surface area contributed by atoms with Crippen LogP contribution in [0.1, 0.15) is 25.0 Å². The van der Waals surface area contributed by atoms with E-state index in [9.17, 15) is 14.9 Å². The minimum atomic E-state index is -0.888. The summed E-state index contributed by atoms with van der Waals surface area (Å²) in [6, 6.07) is 5.37. The summed E-state index contributed by atoms with van der Waals surface area (Å²) in [5.41, 5.74) is 6.14. The Morgan fingerprint density at radius 2 is 2.07 bits per heavy atom. The number of pyridine rings is 1. The Bertz CT molecular complexity index is 1020. The normalized spacial score (nSPS) is 20.5. The zero-order chi connectivity index (χ0) is 19.7. The van der Waals surface area contributed by atoms with Crippen molar-refractivity contribution < 1.29 is 9.53 Å². The number of carbonyl (C=O) groups excluding carboxylic acids is 1. The van der Waals surface area contributed by atoms with Crippen LogP contribution < -0.4 is 16.2 Å². The van der Waals surface area contributed by atoms with Crippen molar-refractivity contribution in [3.63, 3.8) is 0 Å². The lowest BCUT2D eigenvalue weighted by molar-refractivity contribution is -0.114. The molecule has 3 rings (SSSR count). The molecule has 1 aliphatic heterocycles. The molecule has 2 atom stereocenters. The number of rotatable bonds is 3. The van der Waals surface area contributed by atoms with E-state index < -0.39 is 5.91 Å². The first kappa shape index (κ1) is 18.6. The molecule has 0 aromatic carbocycles. The highest BCUT2D eigenvalue weighted by Crippen LogP contribution is 2.24. The van der Waals surface area contributed by atoms with E-state index in [4.69, 9.17) is 15.5 Å². The maximum Gasteiger partial charge on any atom is 0.267 e. The number of morpholine rings is 1. The zero-order valence-electron chi connectivity index (χ0n) is 15.5. The molecule has 8 heteroatoms. The average molecular weight is 367 g/mol. The van der Waals surface area contributed by atoms with Crippen LogP contribution in [0.4, 0.5) is 5.82 Å². The predicted molar refractivity (Wildman–Crippen MR) is 101 cm³/mol. The Morgan fingerprint density at radius 1 is 1.41 bits per heavy atom. The first-order valence-corrected chi connectivity index (χ1v) is 8.65. The molecule has 2 aromatic heterocycles. The van der Waals surface area contributed by atoms with Crippen molar-refractivity contribution in [1.82, 2.24) is 9.38 Å². The lowest BCUT2D eigenvalue weighted by Crippen LogP contribution is -2.46. The summed E-state index contributed by atoms with van der Waals surface area (Å²) < 4.78 is 7.18. The molecule has 3 heterocycles. The molecule has 140 valence electrons. The van der Waals surface area contributed by atoms with Gasteiger partial charge in [0.25, 0.3) is 11.5 Å². The molecule has 2 aromatic rings. The van der Waals surface area contributed by atoms with Crippen LogP contribution in [0, 0.1) is 18.3 Å². The molecule has 1 saturated heterocycles. The number of nitrogens with zero attached hydrogens (tertiary/aromatic N) is 4. The van der Waals surface area contributed by atoms with Gasteiger partial charge in [0.05, 0.1) is 17.8 Å². The van der Waals surface area contributed by atoms with Crippen LogP contribution in [0.3, 0.4) is 0 Å². The van der Waals surface area contributed by atoms with Gasteiger partial charge in [0.1, 0.15) is 23.1 Å². The smallest absolute Gasteiger partial charge is 0.267 e. The van der Waals surface area contributed by atoms with Crippen molar-refractivity contribution in [2.45, 2.75) is 33.0 Å². The van der Waals surface area contributed by atoms with Crippen molar-refractivity contribution in [1.29, 1.82) is 5.26 Å². The van der Waals surface area contributed by atoms with Crippen LogP contribution >= 0.6 is 0 Å². The molecule has 1 aliphatic rings. The second-order valence-electron chi connectivity index (χ2n) is 6.74. The third kappa shape index (κ3) is 3.55. The van der Waals surface area contributed by atoms with Gasteiger partial charge in [-0.05, 0) is 38.5 Å². The minimum absolute atomic E-state index is 0.0470. The number of ether oxygens (including phenoxy) is 1. The highest BCUT2D eigenvalue weighted by atomic mass is 16.5. The highest BCUT2D eigenvalue weighted by molar-refractivity contribution is 6.01. The molecule has 1 amide bonds. The van der Waals surface area contributed by atoms with E-state index in [1.165, 1.54) is 10.5 Å². The topological polar surface area (TPSA) is 114 Å². The van der Waals surface area contributed by atoms with Crippen LogP contribution in [0.15, 0.2) is 28.7 Å².